The highest BCUT2D eigenvalue weighted by atomic mass is 35.5. The summed E-state index contributed by atoms with van der Waals surface area (Å²) in [6, 6.07) is 5.50. The topological polar surface area (TPSA) is 92.8 Å². The van der Waals surface area contributed by atoms with Gasteiger partial charge in [-0.05, 0) is 38.0 Å². The summed E-state index contributed by atoms with van der Waals surface area (Å²) in [5, 5.41) is 16.2. The van der Waals surface area contributed by atoms with E-state index in [1.165, 1.54) is 6.08 Å². The molecule has 28 heavy (non-hydrogen) atoms. The number of aromatic nitrogens is 3. The molecule has 0 aliphatic carbocycles. The number of anilines is 1. The van der Waals surface area contributed by atoms with Crippen molar-refractivity contribution >= 4 is 29.4 Å². The van der Waals surface area contributed by atoms with Crippen LogP contribution in [-0.2, 0) is 11.3 Å². The Balaban J connectivity index is 2.03. The third-order valence-corrected chi connectivity index (χ3v) is 4.34. The van der Waals surface area contributed by atoms with Crippen LogP contribution in [0.2, 0.25) is 5.15 Å². The number of halogens is 1. The van der Waals surface area contributed by atoms with Crippen LogP contribution in [0.5, 0.6) is 5.75 Å². The fraction of sp³-hybridized carbons (Fsp3) is 0.400. The molecule has 0 aliphatic heterocycles. The number of amides is 1. The monoisotopic (exact) mass is 401 g/mol. The SMILES string of the molecule is CCCCn1nc(C)c(C=CC(=O)Nc2ncccc2OCCCC#N)c1Cl. The highest BCUT2D eigenvalue weighted by molar-refractivity contribution is 6.31. The normalized spacial score (nSPS) is 10.8. The third kappa shape index (κ3) is 6.10. The Morgan fingerprint density at radius 1 is 1.46 bits per heavy atom. The van der Waals surface area contributed by atoms with Crippen molar-refractivity contribution in [1.29, 1.82) is 5.26 Å². The minimum atomic E-state index is -0.350. The number of unbranched alkanes of at least 4 members (excludes halogenated alkanes) is 2. The lowest BCUT2D eigenvalue weighted by Crippen LogP contribution is -2.11. The predicted octanol–water partition coefficient (Wildman–Crippen LogP) is 4.37. The molecule has 0 saturated carbocycles. The second-order valence-corrected chi connectivity index (χ2v) is 6.51. The molecule has 2 heterocycles. The Labute approximate surface area is 170 Å². The molecule has 0 saturated heterocycles. The summed E-state index contributed by atoms with van der Waals surface area (Å²) in [7, 11) is 0. The standard InChI is InChI=1S/C20H24ClN5O2/c1-3-4-13-26-19(21)16(15(2)25-26)9-10-18(27)24-20-17(8-7-12-23-20)28-14-6-5-11-22/h7-10,12H,3-6,13-14H2,1-2H3,(H,23,24,27). The minimum absolute atomic E-state index is 0.329. The van der Waals surface area contributed by atoms with Crippen molar-refractivity contribution in [3.8, 4) is 11.8 Å². The molecule has 0 radical (unpaired) electrons. The van der Waals surface area contributed by atoms with E-state index in [0.717, 1.165) is 30.6 Å². The number of nitrogens with one attached hydrogen (secondary N) is 1. The average Bonchev–Trinajstić information content (AvgIpc) is 2.96. The molecular weight excluding hydrogens is 378 g/mol. The van der Waals surface area contributed by atoms with E-state index in [1.807, 2.05) is 6.92 Å². The van der Waals surface area contributed by atoms with E-state index in [9.17, 15) is 4.79 Å². The van der Waals surface area contributed by atoms with Gasteiger partial charge in [-0.2, -0.15) is 10.4 Å². The molecule has 0 aliphatic rings. The predicted molar refractivity (Wildman–Crippen MR) is 109 cm³/mol. The number of nitrogens with zero attached hydrogens (tertiary/aromatic N) is 4. The van der Waals surface area contributed by atoms with E-state index in [4.69, 9.17) is 21.6 Å². The first-order valence-corrected chi connectivity index (χ1v) is 9.61. The van der Waals surface area contributed by atoms with Gasteiger partial charge in [0, 0.05) is 30.8 Å². The molecule has 0 fully saturated rings. The van der Waals surface area contributed by atoms with Gasteiger partial charge in [0.15, 0.2) is 11.6 Å². The maximum absolute atomic E-state index is 12.3. The van der Waals surface area contributed by atoms with Crippen LogP contribution >= 0.6 is 11.6 Å². The van der Waals surface area contributed by atoms with E-state index in [2.05, 4.69) is 28.4 Å². The van der Waals surface area contributed by atoms with Gasteiger partial charge in [0.1, 0.15) is 5.15 Å². The molecular formula is C20H24ClN5O2. The molecule has 0 bridgehead atoms. The number of carbonyl (C=O) groups excluding carboxylic acids is 1. The van der Waals surface area contributed by atoms with Gasteiger partial charge in [-0.1, -0.05) is 24.9 Å². The zero-order valence-corrected chi connectivity index (χ0v) is 16.9. The molecule has 2 aromatic heterocycles. The molecule has 2 aromatic rings. The summed E-state index contributed by atoms with van der Waals surface area (Å²) >= 11 is 6.38. The Hall–Kier alpha value is -2.85. The Morgan fingerprint density at radius 2 is 2.29 bits per heavy atom. The lowest BCUT2D eigenvalue weighted by atomic mass is 10.2. The highest BCUT2D eigenvalue weighted by Crippen LogP contribution is 2.23. The fourth-order valence-electron chi connectivity index (χ4n) is 2.46. The number of ether oxygens (including phenoxy) is 1. The molecule has 2 rings (SSSR count). The van der Waals surface area contributed by atoms with Gasteiger partial charge in [-0.3, -0.25) is 9.48 Å². The van der Waals surface area contributed by atoms with Crippen molar-refractivity contribution in [3.63, 3.8) is 0 Å². The van der Waals surface area contributed by atoms with E-state index in [0.29, 0.717) is 36.2 Å². The molecule has 0 unspecified atom stereocenters. The first-order valence-electron chi connectivity index (χ1n) is 9.23. The second kappa shape index (κ2) is 11.1. The largest absolute Gasteiger partial charge is 0.490 e. The van der Waals surface area contributed by atoms with Crippen LogP contribution < -0.4 is 10.1 Å². The molecule has 8 heteroatoms. The van der Waals surface area contributed by atoms with Crippen LogP contribution in [-0.4, -0.2) is 27.3 Å². The number of carbonyl (C=O) groups is 1. The van der Waals surface area contributed by atoms with Crippen LogP contribution in [0.1, 0.15) is 43.9 Å². The van der Waals surface area contributed by atoms with Gasteiger partial charge in [-0.25, -0.2) is 4.98 Å². The second-order valence-electron chi connectivity index (χ2n) is 6.15. The van der Waals surface area contributed by atoms with E-state index in [1.54, 1.807) is 29.1 Å². The number of rotatable bonds is 10. The molecule has 1 N–H and O–H groups in total. The van der Waals surface area contributed by atoms with Crippen molar-refractivity contribution in [2.75, 3.05) is 11.9 Å². The fourth-order valence-corrected chi connectivity index (χ4v) is 2.79. The molecule has 1 amide bonds. The number of hydrogen-bond donors (Lipinski definition) is 1. The first-order chi connectivity index (χ1) is 13.6. The molecule has 7 nitrogen and oxygen atoms in total. The van der Waals surface area contributed by atoms with E-state index < -0.39 is 0 Å². The number of hydrogen-bond acceptors (Lipinski definition) is 5. The van der Waals surface area contributed by atoms with Crippen LogP contribution in [0.3, 0.4) is 0 Å². The zero-order valence-electron chi connectivity index (χ0n) is 16.1. The lowest BCUT2D eigenvalue weighted by molar-refractivity contribution is -0.111. The molecule has 0 spiro atoms. The zero-order chi connectivity index (χ0) is 20.4. The van der Waals surface area contributed by atoms with Crippen LogP contribution in [0, 0.1) is 18.3 Å². The van der Waals surface area contributed by atoms with Gasteiger partial charge in [-0.15, -0.1) is 0 Å². The smallest absolute Gasteiger partial charge is 0.249 e. The van der Waals surface area contributed by atoms with Crippen molar-refractivity contribution in [3.05, 3.63) is 40.8 Å². The van der Waals surface area contributed by atoms with Crippen molar-refractivity contribution in [1.82, 2.24) is 14.8 Å². The lowest BCUT2D eigenvalue weighted by Gasteiger charge is -2.09. The molecule has 0 aromatic carbocycles. The van der Waals surface area contributed by atoms with Crippen molar-refractivity contribution in [2.24, 2.45) is 0 Å². The third-order valence-electron chi connectivity index (χ3n) is 3.94. The van der Waals surface area contributed by atoms with Gasteiger partial charge >= 0.3 is 0 Å². The van der Waals surface area contributed by atoms with Gasteiger partial charge < -0.3 is 10.1 Å². The van der Waals surface area contributed by atoms with Crippen molar-refractivity contribution in [2.45, 2.75) is 46.1 Å². The summed E-state index contributed by atoms with van der Waals surface area (Å²) in [6.07, 6.45) is 7.68. The van der Waals surface area contributed by atoms with Crippen molar-refractivity contribution < 1.29 is 9.53 Å². The summed E-state index contributed by atoms with van der Waals surface area (Å²) in [5.41, 5.74) is 1.49. The number of nitriles is 1. The van der Waals surface area contributed by atoms with E-state index >= 15 is 0 Å². The van der Waals surface area contributed by atoms with Gasteiger partial charge in [0.25, 0.3) is 0 Å². The van der Waals surface area contributed by atoms with Crippen LogP contribution in [0.25, 0.3) is 6.08 Å². The number of pyridine rings is 1. The van der Waals surface area contributed by atoms with Crippen LogP contribution in [0.4, 0.5) is 5.82 Å². The van der Waals surface area contributed by atoms with Gasteiger partial charge in [0.05, 0.1) is 18.4 Å². The molecule has 148 valence electrons. The Bertz CT molecular complexity index is 870. The number of aryl methyl sites for hydroxylation is 2. The quantitative estimate of drug-likeness (QED) is 0.471. The summed E-state index contributed by atoms with van der Waals surface area (Å²) < 4.78 is 7.35. The Morgan fingerprint density at radius 3 is 3.04 bits per heavy atom. The van der Waals surface area contributed by atoms with Crippen LogP contribution in [0.15, 0.2) is 24.4 Å². The molecule has 0 atom stereocenters. The average molecular weight is 402 g/mol. The highest BCUT2D eigenvalue weighted by Gasteiger charge is 2.12. The first kappa shape index (κ1) is 21.5. The Kier molecular flexibility index (Phi) is 8.50. The minimum Gasteiger partial charge on any atom is -0.490 e. The van der Waals surface area contributed by atoms with Gasteiger partial charge in [0.2, 0.25) is 5.91 Å². The summed E-state index contributed by atoms with van der Waals surface area (Å²) in [6.45, 7) is 5.09. The summed E-state index contributed by atoms with van der Waals surface area (Å²) in [5.74, 6) is 0.441. The summed E-state index contributed by atoms with van der Waals surface area (Å²) in [4.78, 5) is 16.5. The maximum Gasteiger partial charge on any atom is 0.249 e. The maximum atomic E-state index is 12.3. The van der Waals surface area contributed by atoms with E-state index in [-0.39, 0.29) is 5.91 Å².